The fraction of sp³-hybridized carbons (Fsp3) is 0. The molecule has 3 rings (SSSR count). The molecular formula is C14H9N3O3. The van der Waals surface area contributed by atoms with Crippen molar-refractivity contribution >= 4 is 16.6 Å². The van der Waals surface area contributed by atoms with Gasteiger partial charge in [0.25, 0.3) is 5.69 Å². The number of nitro groups is 1. The van der Waals surface area contributed by atoms with Crippen LogP contribution in [0, 0.1) is 10.1 Å². The molecule has 0 aliphatic carbocycles. The van der Waals surface area contributed by atoms with E-state index in [0.29, 0.717) is 11.1 Å². The van der Waals surface area contributed by atoms with Crippen LogP contribution in [0.5, 0.6) is 0 Å². The summed E-state index contributed by atoms with van der Waals surface area (Å²) in [5.41, 5.74) is 0.947. The summed E-state index contributed by atoms with van der Waals surface area (Å²) in [6.45, 7) is 0. The monoisotopic (exact) mass is 267 g/mol. The number of nitrogens with one attached hydrogen (secondary N) is 1. The average Bonchev–Trinajstić information content (AvgIpc) is 2.48. The zero-order valence-corrected chi connectivity index (χ0v) is 10.2. The minimum Gasteiger partial charge on any atom is -0.287 e. The van der Waals surface area contributed by atoms with Crippen LogP contribution in [-0.4, -0.2) is 15.1 Å². The van der Waals surface area contributed by atoms with Gasteiger partial charge in [0.1, 0.15) is 5.69 Å². The Balaban J connectivity index is 2.29. The number of H-pyrrole nitrogens is 1. The van der Waals surface area contributed by atoms with Crippen molar-refractivity contribution in [1.29, 1.82) is 0 Å². The molecule has 0 saturated carbocycles. The van der Waals surface area contributed by atoms with Crippen LogP contribution in [-0.2, 0) is 0 Å². The van der Waals surface area contributed by atoms with Crippen molar-refractivity contribution in [2.75, 3.05) is 0 Å². The van der Waals surface area contributed by atoms with Crippen LogP contribution >= 0.6 is 0 Å². The van der Waals surface area contributed by atoms with Crippen molar-refractivity contribution in [3.8, 4) is 11.3 Å². The van der Waals surface area contributed by atoms with E-state index in [0.717, 1.165) is 0 Å². The highest BCUT2D eigenvalue weighted by molar-refractivity contribution is 5.83. The van der Waals surface area contributed by atoms with Gasteiger partial charge in [0, 0.05) is 17.7 Å². The third kappa shape index (κ3) is 1.93. The molecule has 20 heavy (non-hydrogen) atoms. The normalized spacial score (nSPS) is 10.6. The molecule has 1 N–H and O–H groups in total. The minimum atomic E-state index is -0.526. The molecule has 0 amide bonds. The van der Waals surface area contributed by atoms with Crippen LogP contribution in [0.2, 0.25) is 0 Å². The van der Waals surface area contributed by atoms with E-state index in [2.05, 4.69) is 10.2 Å². The molecule has 3 aromatic rings. The predicted molar refractivity (Wildman–Crippen MR) is 74.5 cm³/mol. The largest absolute Gasteiger partial charge is 0.287 e. The molecule has 2 aromatic carbocycles. The molecule has 98 valence electrons. The molecule has 0 radical (unpaired) electrons. The topological polar surface area (TPSA) is 88.9 Å². The highest BCUT2D eigenvalue weighted by atomic mass is 16.6. The fourth-order valence-corrected chi connectivity index (χ4v) is 2.02. The smallest absolute Gasteiger partial charge is 0.270 e. The summed E-state index contributed by atoms with van der Waals surface area (Å²) in [6, 6.07) is 13.0. The number of aromatic amines is 1. The second-order valence-corrected chi connectivity index (χ2v) is 4.25. The van der Waals surface area contributed by atoms with Gasteiger partial charge in [0.05, 0.1) is 15.8 Å². The first-order valence-corrected chi connectivity index (χ1v) is 5.89. The number of benzene rings is 2. The molecule has 0 unspecified atom stereocenters. The quantitative estimate of drug-likeness (QED) is 0.570. The van der Waals surface area contributed by atoms with E-state index < -0.39 is 4.92 Å². The van der Waals surface area contributed by atoms with Gasteiger partial charge in [-0.05, 0) is 6.07 Å². The summed E-state index contributed by atoms with van der Waals surface area (Å²) in [4.78, 5) is 22.7. The number of rotatable bonds is 2. The third-order valence-electron chi connectivity index (χ3n) is 3.01. The number of nitrogens with zero attached hydrogens (tertiary/aromatic N) is 2. The molecule has 6 heteroatoms. The summed E-state index contributed by atoms with van der Waals surface area (Å²) in [5.74, 6) is 0. The van der Waals surface area contributed by atoms with Crippen LogP contribution in [0.1, 0.15) is 0 Å². The van der Waals surface area contributed by atoms with Crippen LogP contribution in [0.25, 0.3) is 22.2 Å². The van der Waals surface area contributed by atoms with Crippen LogP contribution < -0.4 is 5.43 Å². The van der Waals surface area contributed by atoms with Gasteiger partial charge in [0.15, 0.2) is 0 Å². The summed E-state index contributed by atoms with van der Waals surface area (Å²) >= 11 is 0. The Morgan fingerprint density at radius 1 is 1.10 bits per heavy atom. The lowest BCUT2D eigenvalue weighted by molar-refractivity contribution is -0.384. The van der Waals surface area contributed by atoms with Gasteiger partial charge in [-0.3, -0.25) is 20.0 Å². The molecule has 6 nitrogen and oxygen atoms in total. The molecular weight excluding hydrogens is 258 g/mol. The van der Waals surface area contributed by atoms with Crippen LogP contribution in [0.4, 0.5) is 5.69 Å². The van der Waals surface area contributed by atoms with Crippen molar-refractivity contribution in [2.45, 2.75) is 0 Å². The highest BCUT2D eigenvalue weighted by Gasteiger charge is 2.12. The molecule has 0 bridgehead atoms. The zero-order valence-electron chi connectivity index (χ0n) is 10.2. The van der Waals surface area contributed by atoms with Crippen molar-refractivity contribution in [1.82, 2.24) is 10.2 Å². The van der Waals surface area contributed by atoms with Gasteiger partial charge in [-0.25, -0.2) is 0 Å². The zero-order chi connectivity index (χ0) is 14.1. The van der Waals surface area contributed by atoms with E-state index in [1.165, 1.54) is 18.2 Å². The lowest BCUT2D eigenvalue weighted by atomic mass is 10.1. The van der Waals surface area contributed by atoms with Gasteiger partial charge >= 0.3 is 0 Å². The lowest BCUT2D eigenvalue weighted by Gasteiger charge is -2.02. The molecule has 0 spiro atoms. The number of nitro benzene ring substituents is 1. The SMILES string of the molecule is O=c1c(-c2ccccc2)n[nH]c2ccc([N+](=O)[O-])cc12. The molecule has 0 aliphatic rings. The third-order valence-corrected chi connectivity index (χ3v) is 3.01. The van der Waals surface area contributed by atoms with E-state index in [4.69, 9.17) is 0 Å². The summed E-state index contributed by atoms with van der Waals surface area (Å²) in [7, 11) is 0. The molecule has 0 fully saturated rings. The molecule has 1 aromatic heterocycles. The van der Waals surface area contributed by atoms with Crippen molar-refractivity contribution in [3.63, 3.8) is 0 Å². The number of hydrogen-bond donors (Lipinski definition) is 1. The summed E-state index contributed by atoms with van der Waals surface area (Å²) in [6.07, 6.45) is 0. The van der Waals surface area contributed by atoms with Crippen LogP contribution in [0.3, 0.4) is 0 Å². The Morgan fingerprint density at radius 2 is 1.85 bits per heavy atom. The van der Waals surface area contributed by atoms with Gasteiger partial charge in [-0.1, -0.05) is 30.3 Å². The second-order valence-electron chi connectivity index (χ2n) is 4.25. The van der Waals surface area contributed by atoms with E-state index in [1.807, 2.05) is 6.07 Å². The first-order valence-electron chi connectivity index (χ1n) is 5.89. The first-order chi connectivity index (χ1) is 9.66. The van der Waals surface area contributed by atoms with Crippen molar-refractivity contribution in [3.05, 3.63) is 68.9 Å². The Kier molecular flexibility index (Phi) is 2.76. The molecule has 0 aliphatic heterocycles. The minimum absolute atomic E-state index is 0.117. The maximum atomic E-state index is 12.4. The maximum absolute atomic E-state index is 12.4. The van der Waals surface area contributed by atoms with Crippen LogP contribution in [0.15, 0.2) is 53.3 Å². The van der Waals surface area contributed by atoms with E-state index in [-0.39, 0.29) is 22.2 Å². The predicted octanol–water partition coefficient (Wildman–Crippen LogP) is 2.50. The number of hydrogen-bond acceptors (Lipinski definition) is 4. The number of non-ortho nitro benzene ring substituents is 1. The lowest BCUT2D eigenvalue weighted by Crippen LogP contribution is -2.09. The van der Waals surface area contributed by atoms with Gasteiger partial charge in [-0.2, -0.15) is 5.10 Å². The Labute approximate surface area is 112 Å². The number of aromatic nitrogens is 2. The summed E-state index contributed by atoms with van der Waals surface area (Å²) < 4.78 is 0. The fourth-order valence-electron chi connectivity index (χ4n) is 2.02. The number of fused-ring (bicyclic) bond motifs is 1. The van der Waals surface area contributed by atoms with E-state index in [1.54, 1.807) is 24.3 Å². The second kappa shape index (κ2) is 4.58. The van der Waals surface area contributed by atoms with E-state index >= 15 is 0 Å². The Hall–Kier alpha value is -3.02. The highest BCUT2D eigenvalue weighted by Crippen LogP contribution is 2.19. The standard InChI is InChI=1S/C14H9N3O3/c18-14-11-8-10(17(19)20)6-7-12(11)15-16-13(14)9-4-2-1-3-5-9/h1-8H,(H,15,18). The summed E-state index contributed by atoms with van der Waals surface area (Å²) in [5, 5.41) is 17.8. The van der Waals surface area contributed by atoms with Crippen molar-refractivity contribution in [2.24, 2.45) is 0 Å². The van der Waals surface area contributed by atoms with Gasteiger partial charge in [-0.15, -0.1) is 0 Å². The molecule has 1 heterocycles. The van der Waals surface area contributed by atoms with Crippen molar-refractivity contribution < 1.29 is 4.92 Å². The Bertz CT molecular complexity index is 856. The maximum Gasteiger partial charge on any atom is 0.270 e. The van der Waals surface area contributed by atoms with Gasteiger partial charge in [0.2, 0.25) is 5.43 Å². The first kappa shape index (κ1) is 12.0. The Morgan fingerprint density at radius 3 is 2.55 bits per heavy atom. The van der Waals surface area contributed by atoms with Gasteiger partial charge < -0.3 is 0 Å². The molecule has 0 saturated heterocycles. The molecule has 0 atom stereocenters. The van der Waals surface area contributed by atoms with E-state index in [9.17, 15) is 14.9 Å². The average molecular weight is 267 g/mol.